The number of anilines is 1. The molecule has 0 fully saturated rings. The van der Waals surface area contributed by atoms with Gasteiger partial charge in [-0.2, -0.15) is 0 Å². The molecule has 0 bridgehead atoms. The second-order valence-corrected chi connectivity index (χ2v) is 4.96. The highest BCUT2D eigenvalue weighted by molar-refractivity contribution is 5.75. The number of aromatic nitrogens is 2. The van der Waals surface area contributed by atoms with Gasteiger partial charge in [-0.3, -0.25) is 4.98 Å². The zero-order chi connectivity index (χ0) is 13.9. The third kappa shape index (κ3) is 2.64. The van der Waals surface area contributed by atoms with E-state index in [0.29, 0.717) is 0 Å². The molecule has 4 heteroatoms. The minimum atomic E-state index is 0.186. The molecule has 1 aromatic heterocycles. The molecule has 2 aromatic rings. The molecule has 3 rings (SSSR count). The number of fused-ring (bicyclic) bond motifs is 1. The van der Waals surface area contributed by atoms with Crippen molar-refractivity contribution >= 4 is 16.9 Å². The van der Waals surface area contributed by atoms with E-state index in [0.717, 1.165) is 29.0 Å². The highest BCUT2D eigenvalue weighted by Crippen LogP contribution is 2.21. The summed E-state index contributed by atoms with van der Waals surface area (Å²) >= 11 is 0. The van der Waals surface area contributed by atoms with E-state index in [1.54, 1.807) is 13.3 Å². The number of para-hydroxylation sites is 2. The predicted molar refractivity (Wildman–Crippen MR) is 80.4 cm³/mol. The highest BCUT2D eigenvalue weighted by atomic mass is 16.5. The van der Waals surface area contributed by atoms with Crippen LogP contribution in [0.3, 0.4) is 0 Å². The molecule has 1 heterocycles. The first kappa shape index (κ1) is 12.7. The Morgan fingerprint density at radius 1 is 1.25 bits per heavy atom. The number of nitrogens with zero attached hydrogens (tertiary/aromatic N) is 2. The van der Waals surface area contributed by atoms with Crippen LogP contribution >= 0.6 is 0 Å². The molecule has 20 heavy (non-hydrogen) atoms. The van der Waals surface area contributed by atoms with E-state index in [-0.39, 0.29) is 6.04 Å². The van der Waals surface area contributed by atoms with E-state index in [2.05, 4.69) is 34.4 Å². The Hall–Kier alpha value is -2.36. The summed E-state index contributed by atoms with van der Waals surface area (Å²) in [6, 6.07) is 8.05. The van der Waals surface area contributed by atoms with Crippen LogP contribution in [-0.2, 0) is 4.74 Å². The van der Waals surface area contributed by atoms with Gasteiger partial charge in [-0.25, -0.2) is 4.98 Å². The third-order valence-electron chi connectivity index (χ3n) is 3.31. The largest absolute Gasteiger partial charge is 0.497 e. The number of methoxy groups -OCH3 is 1. The van der Waals surface area contributed by atoms with Gasteiger partial charge in [-0.05, 0) is 37.6 Å². The third-order valence-corrected chi connectivity index (χ3v) is 3.31. The lowest BCUT2D eigenvalue weighted by Gasteiger charge is -2.21. The molecule has 1 aliphatic rings. The number of ether oxygens (including phenoxy) is 1. The van der Waals surface area contributed by atoms with Gasteiger partial charge in [0.05, 0.1) is 30.4 Å². The first-order chi connectivity index (χ1) is 9.74. The molecule has 1 unspecified atom stereocenters. The van der Waals surface area contributed by atoms with Gasteiger partial charge < -0.3 is 10.1 Å². The Balaban J connectivity index is 1.83. The van der Waals surface area contributed by atoms with Gasteiger partial charge in [0.1, 0.15) is 11.6 Å². The molecule has 0 saturated carbocycles. The molecular formula is C16H17N3O. The fraction of sp³-hybridized carbons (Fsp3) is 0.250. The Morgan fingerprint density at radius 3 is 2.85 bits per heavy atom. The molecule has 0 amide bonds. The first-order valence-electron chi connectivity index (χ1n) is 6.66. The fourth-order valence-electron chi connectivity index (χ4n) is 2.39. The smallest absolute Gasteiger partial charge is 0.145 e. The summed E-state index contributed by atoms with van der Waals surface area (Å²) in [7, 11) is 1.69. The van der Waals surface area contributed by atoms with Crippen LogP contribution in [0.25, 0.3) is 11.0 Å². The number of hydrogen-bond donors (Lipinski definition) is 1. The van der Waals surface area contributed by atoms with Crippen LogP contribution in [0.5, 0.6) is 0 Å². The minimum Gasteiger partial charge on any atom is -0.497 e. The maximum absolute atomic E-state index is 5.31. The molecule has 4 nitrogen and oxygen atoms in total. The van der Waals surface area contributed by atoms with E-state index in [9.17, 15) is 0 Å². The number of hydrogen-bond acceptors (Lipinski definition) is 4. The molecule has 1 aliphatic carbocycles. The van der Waals surface area contributed by atoms with E-state index in [4.69, 9.17) is 4.74 Å². The Labute approximate surface area is 118 Å². The van der Waals surface area contributed by atoms with Crippen molar-refractivity contribution in [3.05, 3.63) is 53.9 Å². The molecule has 0 radical (unpaired) electrons. The zero-order valence-electron chi connectivity index (χ0n) is 11.6. The average Bonchev–Trinajstić information content (AvgIpc) is 2.46. The summed E-state index contributed by atoms with van der Waals surface area (Å²) in [6.07, 6.45) is 6.85. The van der Waals surface area contributed by atoms with Crippen LogP contribution < -0.4 is 5.32 Å². The van der Waals surface area contributed by atoms with Gasteiger partial charge in [-0.15, -0.1) is 0 Å². The standard InChI is InChI=1S/C16H17N3O/c1-11-7-12(9-13(8-11)20-2)18-16-10-17-14-5-3-4-6-15(14)19-16/h3-6,8-10,12H,7H2,1-2H3,(H,18,19). The van der Waals surface area contributed by atoms with Crippen molar-refractivity contribution in [2.45, 2.75) is 19.4 Å². The van der Waals surface area contributed by atoms with Crippen LogP contribution in [0.15, 0.2) is 53.9 Å². The summed E-state index contributed by atoms with van der Waals surface area (Å²) in [5.41, 5.74) is 3.10. The fourth-order valence-corrected chi connectivity index (χ4v) is 2.39. The summed E-state index contributed by atoms with van der Waals surface area (Å²) < 4.78 is 5.31. The molecule has 0 saturated heterocycles. The van der Waals surface area contributed by atoms with E-state index in [1.807, 2.05) is 24.3 Å². The quantitative estimate of drug-likeness (QED) is 0.927. The normalized spacial score (nSPS) is 18.4. The number of nitrogens with one attached hydrogen (secondary N) is 1. The summed E-state index contributed by atoms with van der Waals surface area (Å²) in [5.74, 6) is 1.68. The number of rotatable bonds is 3. The molecule has 0 aliphatic heterocycles. The monoisotopic (exact) mass is 267 g/mol. The van der Waals surface area contributed by atoms with Crippen molar-refractivity contribution in [2.75, 3.05) is 12.4 Å². The molecule has 102 valence electrons. The maximum Gasteiger partial charge on any atom is 0.145 e. The minimum absolute atomic E-state index is 0.186. The lowest BCUT2D eigenvalue weighted by Crippen LogP contribution is -2.21. The summed E-state index contributed by atoms with van der Waals surface area (Å²) in [5, 5.41) is 3.40. The van der Waals surface area contributed by atoms with E-state index in [1.165, 1.54) is 5.57 Å². The van der Waals surface area contributed by atoms with Gasteiger partial charge >= 0.3 is 0 Å². The molecule has 0 spiro atoms. The maximum atomic E-state index is 5.31. The highest BCUT2D eigenvalue weighted by Gasteiger charge is 2.14. The average molecular weight is 267 g/mol. The lowest BCUT2D eigenvalue weighted by molar-refractivity contribution is 0.302. The van der Waals surface area contributed by atoms with Crippen LogP contribution in [0, 0.1) is 0 Å². The van der Waals surface area contributed by atoms with Crippen molar-refractivity contribution < 1.29 is 4.74 Å². The van der Waals surface area contributed by atoms with Gasteiger partial charge in [0.15, 0.2) is 0 Å². The van der Waals surface area contributed by atoms with Crippen LogP contribution in [-0.4, -0.2) is 23.1 Å². The SMILES string of the molecule is COC1=CC(Nc2cnc3ccccc3n2)CC(C)=C1. The molecular weight excluding hydrogens is 250 g/mol. The number of benzene rings is 1. The van der Waals surface area contributed by atoms with Crippen LogP contribution in [0.2, 0.25) is 0 Å². The summed E-state index contributed by atoms with van der Waals surface area (Å²) in [4.78, 5) is 9.00. The second kappa shape index (κ2) is 5.33. The van der Waals surface area contributed by atoms with Crippen molar-refractivity contribution in [1.29, 1.82) is 0 Å². The first-order valence-corrected chi connectivity index (χ1v) is 6.66. The van der Waals surface area contributed by atoms with Crippen molar-refractivity contribution in [1.82, 2.24) is 9.97 Å². The Kier molecular flexibility index (Phi) is 3.37. The van der Waals surface area contributed by atoms with Crippen molar-refractivity contribution in [3.8, 4) is 0 Å². The van der Waals surface area contributed by atoms with Gasteiger partial charge in [0.25, 0.3) is 0 Å². The number of allylic oxidation sites excluding steroid dienone is 1. The molecule has 1 atom stereocenters. The topological polar surface area (TPSA) is 47.0 Å². The lowest BCUT2D eigenvalue weighted by atomic mass is 10.0. The molecule has 1 N–H and O–H groups in total. The predicted octanol–water partition coefficient (Wildman–Crippen LogP) is 3.29. The Bertz CT molecular complexity index is 691. The van der Waals surface area contributed by atoms with Gasteiger partial charge in [0.2, 0.25) is 0 Å². The van der Waals surface area contributed by atoms with Crippen molar-refractivity contribution in [2.24, 2.45) is 0 Å². The second-order valence-electron chi connectivity index (χ2n) is 4.96. The van der Waals surface area contributed by atoms with Gasteiger partial charge in [-0.1, -0.05) is 17.7 Å². The van der Waals surface area contributed by atoms with Gasteiger partial charge in [0, 0.05) is 0 Å². The Morgan fingerprint density at radius 2 is 2.05 bits per heavy atom. The van der Waals surface area contributed by atoms with Crippen LogP contribution in [0.1, 0.15) is 13.3 Å². The van der Waals surface area contributed by atoms with E-state index < -0.39 is 0 Å². The zero-order valence-corrected chi connectivity index (χ0v) is 11.6. The summed E-state index contributed by atoms with van der Waals surface area (Å²) in [6.45, 7) is 2.10. The van der Waals surface area contributed by atoms with Crippen molar-refractivity contribution in [3.63, 3.8) is 0 Å². The van der Waals surface area contributed by atoms with Crippen LogP contribution in [0.4, 0.5) is 5.82 Å². The molecule has 1 aromatic carbocycles. The van der Waals surface area contributed by atoms with E-state index >= 15 is 0 Å².